The molecule has 0 spiro atoms. The molecule has 43 heavy (non-hydrogen) atoms. The van der Waals surface area contributed by atoms with Gasteiger partial charge in [0.05, 0.1) is 24.5 Å². The van der Waals surface area contributed by atoms with Crippen LogP contribution in [0.4, 0.5) is 0 Å². The molecule has 7 nitrogen and oxygen atoms in total. The molecule has 2 fully saturated rings. The summed E-state index contributed by atoms with van der Waals surface area (Å²) in [5, 5.41) is 31.6. The number of amides is 2. The predicted molar refractivity (Wildman–Crippen MR) is 168 cm³/mol. The Bertz CT molecular complexity index is 1330. The number of carbonyl (C=O) groups excluding carboxylic acids is 2. The number of rotatable bonds is 11. The lowest BCUT2D eigenvalue weighted by molar-refractivity contribution is -0.144. The lowest BCUT2D eigenvalue weighted by Crippen LogP contribution is -2.47. The molecule has 0 bridgehead atoms. The number of likely N-dealkylation sites (tertiary alicyclic amines) is 2. The molecule has 0 saturated carbocycles. The van der Waals surface area contributed by atoms with E-state index < -0.39 is 23.9 Å². The predicted octanol–water partition coefficient (Wildman–Crippen LogP) is 5.31. The highest BCUT2D eigenvalue weighted by atomic mass is 16.3. The van der Waals surface area contributed by atoms with Crippen LogP contribution in [-0.2, 0) is 16.1 Å². The minimum atomic E-state index is -0.795. The Hall–Kier alpha value is -3.26. The average molecular weight is 587 g/mol. The average Bonchev–Trinajstić information content (AvgIpc) is 3.25. The molecule has 2 amide bonds. The van der Waals surface area contributed by atoms with Crippen LogP contribution in [0.1, 0.15) is 69.9 Å². The number of aromatic hydroxyl groups is 1. The van der Waals surface area contributed by atoms with Crippen LogP contribution in [0.25, 0.3) is 6.08 Å². The van der Waals surface area contributed by atoms with E-state index in [4.69, 9.17) is 0 Å². The van der Waals surface area contributed by atoms with Gasteiger partial charge in [0.25, 0.3) is 0 Å². The van der Waals surface area contributed by atoms with Crippen LogP contribution in [0.15, 0.2) is 71.3 Å². The van der Waals surface area contributed by atoms with E-state index in [1.807, 2.05) is 37.3 Å². The van der Waals surface area contributed by atoms with Crippen LogP contribution < -0.4 is 0 Å². The summed E-state index contributed by atoms with van der Waals surface area (Å²) in [6.45, 7) is 6.32. The van der Waals surface area contributed by atoms with Crippen LogP contribution in [0.2, 0.25) is 0 Å². The van der Waals surface area contributed by atoms with E-state index in [2.05, 4.69) is 30.0 Å². The van der Waals surface area contributed by atoms with Crippen molar-refractivity contribution in [3.63, 3.8) is 0 Å². The van der Waals surface area contributed by atoms with Crippen molar-refractivity contribution in [2.45, 2.75) is 77.5 Å². The minimum absolute atomic E-state index is 0.107. The number of nitrogens with zero attached hydrogens (tertiary/aromatic N) is 2. The van der Waals surface area contributed by atoms with Crippen molar-refractivity contribution in [1.29, 1.82) is 0 Å². The molecule has 5 rings (SSSR count). The number of benzene rings is 2. The zero-order valence-electron chi connectivity index (χ0n) is 25.5. The second-order valence-electron chi connectivity index (χ2n) is 12.6. The fraction of sp³-hybridized carbons (Fsp3) is 0.500. The zero-order valence-corrected chi connectivity index (χ0v) is 25.5. The molecule has 0 unspecified atom stereocenters. The summed E-state index contributed by atoms with van der Waals surface area (Å²) in [6.07, 6.45) is 6.30. The maximum absolute atomic E-state index is 13.9. The maximum Gasteiger partial charge on any atom is 0.234 e. The monoisotopic (exact) mass is 586 g/mol. The van der Waals surface area contributed by atoms with Gasteiger partial charge < -0.3 is 15.3 Å². The molecule has 0 aromatic heterocycles. The molecule has 3 N–H and O–H groups in total. The lowest BCUT2D eigenvalue weighted by Gasteiger charge is -2.36. The molecule has 2 heterocycles. The van der Waals surface area contributed by atoms with Gasteiger partial charge in [0, 0.05) is 31.6 Å². The number of hydrogen-bond donors (Lipinski definition) is 3. The van der Waals surface area contributed by atoms with E-state index >= 15 is 0 Å². The van der Waals surface area contributed by atoms with Gasteiger partial charge in [0.2, 0.25) is 11.8 Å². The fourth-order valence-corrected chi connectivity index (χ4v) is 7.55. The summed E-state index contributed by atoms with van der Waals surface area (Å²) in [5.41, 5.74) is 5.13. The zero-order chi connectivity index (χ0) is 30.5. The van der Waals surface area contributed by atoms with E-state index in [0.717, 1.165) is 62.0 Å². The number of aliphatic hydroxyl groups excluding tert-OH is 2. The Labute approximate surface area is 255 Å². The molecule has 1 aliphatic carbocycles. The van der Waals surface area contributed by atoms with Gasteiger partial charge >= 0.3 is 0 Å². The molecule has 3 aliphatic rings. The van der Waals surface area contributed by atoms with Gasteiger partial charge in [0.1, 0.15) is 5.75 Å². The first-order chi connectivity index (χ1) is 20.8. The van der Waals surface area contributed by atoms with Crippen molar-refractivity contribution in [1.82, 2.24) is 9.80 Å². The summed E-state index contributed by atoms with van der Waals surface area (Å²) in [4.78, 5) is 31.5. The Morgan fingerprint density at radius 3 is 2.35 bits per heavy atom. The molecule has 2 aliphatic heterocycles. The molecule has 4 atom stereocenters. The third kappa shape index (κ3) is 6.95. The number of carbonyl (C=O) groups is 2. The van der Waals surface area contributed by atoms with Crippen molar-refractivity contribution in [3.05, 3.63) is 82.4 Å². The molecular formula is C36H46N2O5. The van der Waals surface area contributed by atoms with Gasteiger partial charge in [-0.25, -0.2) is 0 Å². The first-order valence-electron chi connectivity index (χ1n) is 15.9. The van der Waals surface area contributed by atoms with Gasteiger partial charge in [-0.15, -0.1) is 0 Å². The smallest absolute Gasteiger partial charge is 0.234 e. The second kappa shape index (κ2) is 14.0. The second-order valence-corrected chi connectivity index (χ2v) is 12.6. The number of aliphatic hydroxyl groups is 2. The quantitative estimate of drug-likeness (QED) is 0.244. The number of hydrogen-bond acceptors (Lipinski definition) is 6. The lowest BCUT2D eigenvalue weighted by atomic mass is 9.68. The van der Waals surface area contributed by atoms with Gasteiger partial charge in [-0.1, -0.05) is 73.0 Å². The summed E-state index contributed by atoms with van der Waals surface area (Å²) in [5.74, 6) is -1.69. The van der Waals surface area contributed by atoms with E-state index in [0.29, 0.717) is 19.3 Å². The number of imide groups is 1. The van der Waals surface area contributed by atoms with E-state index in [1.165, 1.54) is 16.0 Å². The summed E-state index contributed by atoms with van der Waals surface area (Å²) in [6, 6.07) is 17.3. The van der Waals surface area contributed by atoms with E-state index in [9.17, 15) is 24.9 Å². The molecule has 2 aromatic carbocycles. The third-order valence-corrected chi connectivity index (χ3v) is 9.66. The standard InChI is InChI=1S/C36H46N2O5/c1-3-7-25(21-26-10-13-29(40)14-11-26)12-15-32(41)33-24(2)20-30-34(31(33)23-39)36(43)38(35(30)42)28-16-18-37(19-17-28)22-27-8-5-4-6-9-27/h4-6,8-11,13-14,21,28,30-32,34,39-41H,3,7,12,15-20,22-23H2,1-2H3/b25-21+/t30-,31+,32-,34-/m1/s1. The fourth-order valence-electron chi connectivity index (χ4n) is 7.55. The van der Waals surface area contributed by atoms with Crippen molar-refractivity contribution < 1.29 is 24.9 Å². The summed E-state index contributed by atoms with van der Waals surface area (Å²) >= 11 is 0. The molecule has 2 saturated heterocycles. The summed E-state index contributed by atoms with van der Waals surface area (Å²) < 4.78 is 0. The number of allylic oxidation sites excluding steroid dienone is 2. The highest BCUT2D eigenvalue weighted by Gasteiger charge is 2.56. The van der Waals surface area contributed by atoms with Gasteiger partial charge in [0.15, 0.2) is 0 Å². The molecule has 2 aromatic rings. The normalized spacial score (nSPS) is 24.5. The number of fused-ring (bicyclic) bond motifs is 1. The number of piperidine rings is 1. The third-order valence-electron chi connectivity index (χ3n) is 9.66. The van der Waals surface area contributed by atoms with Crippen LogP contribution >= 0.6 is 0 Å². The van der Waals surface area contributed by atoms with Gasteiger partial charge in [-0.3, -0.25) is 19.4 Å². The number of phenols is 1. The maximum atomic E-state index is 13.9. The largest absolute Gasteiger partial charge is 0.508 e. The Kier molecular flexibility index (Phi) is 10.2. The van der Waals surface area contributed by atoms with Gasteiger partial charge in [-0.2, -0.15) is 0 Å². The van der Waals surface area contributed by atoms with E-state index in [1.54, 1.807) is 12.1 Å². The van der Waals surface area contributed by atoms with E-state index in [-0.39, 0.29) is 30.2 Å². The Morgan fingerprint density at radius 2 is 1.70 bits per heavy atom. The molecule has 230 valence electrons. The summed E-state index contributed by atoms with van der Waals surface area (Å²) in [7, 11) is 0. The van der Waals surface area contributed by atoms with Crippen LogP contribution in [-0.4, -0.2) is 68.8 Å². The first kappa shape index (κ1) is 31.2. The number of phenolic OH excluding ortho intramolecular Hbond substituents is 1. The highest BCUT2D eigenvalue weighted by molar-refractivity contribution is 6.06. The molecular weight excluding hydrogens is 540 g/mol. The van der Waals surface area contributed by atoms with Crippen LogP contribution in [0.3, 0.4) is 0 Å². The first-order valence-corrected chi connectivity index (χ1v) is 15.9. The van der Waals surface area contributed by atoms with Gasteiger partial charge in [-0.05, 0) is 74.3 Å². The van der Waals surface area contributed by atoms with Crippen molar-refractivity contribution in [2.24, 2.45) is 17.8 Å². The topological polar surface area (TPSA) is 101 Å². The Morgan fingerprint density at radius 1 is 1.00 bits per heavy atom. The van der Waals surface area contributed by atoms with Crippen LogP contribution in [0.5, 0.6) is 5.75 Å². The van der Waals surface area contributed by atoms with Crippen molar-refractivity contribution in [3.8, 4) is 5.75 Å². The molecule has 0 radical (unpaired) electrons. The SMILES string of the molecule is CCC/C(=C\c1ccc(O)cc1)CC[C@@H](O)C1=C(C)C[C@H]2C(=O)N(C3CCN(Cc4ccccc4)CC3)C(=O)[C@H]2[C@H]1CO. The molecule has 7 heteroatoms. The highest BCUT2D eigenvalue weighted by Crippen LogP contribution is 2.47. The minimum Gasteiger partial charge on any atom is -0.508 e. The van der Waals surface area contributed by atoms with Crippen molar-refractivity contribution >= 4 is 17.9 Å². The Balaban J connectivity index is 1.25. The van der Waals surface area contributed by atoms with Crippen LogP contribution in [0, 0.1) is 17.8 Å². The van der Waals surface area contributed by atoms with Crippen molar-refractivity contribution in [2.75, 3.05) is 19.7 Å².